The molecule has 138 valence electrons. The first kappa shape index (κ1) is 18.6. The van der Waals surface area contributed by atoms with Gasteiger partial charge < -0.3 is 16.2 Å². The van der Waals surface area contributed by atoms with Crippen molar-refractivity contribution in [1.29, 1.82) is 0 Å². The summed E-state index contributed by atoms with van der Waals surface area (Å²) in [6, 6.07) is 18.8. The highest BCUT2D eigenvalue weighted by Crippen LogP contribution is 2.20. The Bertz CT molecular complexity index is 693. The van der Waals surface area contributed by atoms with Gasteiger partial charge in [-0.15, -0.1) is 0 Å². The van der Waals surface area contributed by atoms with Gasteiger partial charge in [-0.05, 0) is 43.5 Å². The van der Waals surface area contributed by atoms with E-state index in [0.29, 0.717) is 13.0 Å². The number of nitrogens with two attached hydrogens (primary N) is 1. The third-order valence-corrected chi connectivity index (χ3v) is 4.94. The summed E-state index contributed by atoms with van der Waals surface area (Å²) < 4.78 is 0. The number of aliphatic hydroxyl groups is 1. The average Bonchev–Trinajstić information content (AvgIpc) is 3.11. The van der Waals surface area contributed by atoms with Crippen LogP contribution in [0.25, 0.3) is 0 Å². The van der Waals surface area contributed by atoms with Crippen LogP contribution in [0.2, 0.25) is 0 Å². The fraction of sp³-hybridized carbons (Fsp3) is 0.381. The lowest BCUT2D eigenvalue weighted by atomic mass is 10.0. The molecule has 2 aromatic rings. The molecular weight excluding hydrogens is 326 g/mol. The molecule has 26 heavy (non-hydrogen) atoms. The summed E-state index contributed by atoms with van der Waals surface area (Å²) in [6.45, 7) is 1.23. The van der Waals surface area contributed by atoms with E-state index in [1.165, 1.54) is 0 Å². The largest absolute Gasteiger partial charge is 0.390 e. The fourth-order valence-electron chi connectivity index (χ4n) is 3.49. The quantitative estimate of drug-likeness (QED) is 0.712. The molecule has 0 aromatic heterocycles. The van der Waals surface area contributed by atoms with Crippen molar-refractivity contribution in [2.75, 3.05) is 18.4 Å². The Hall–Kier alpha value is -2.21. The maximum Gasteiger partial charge on any atom is 0.241 e. The van der Waals surface area contributed by atoms with Crippen LogP contribution in [0.15, 0.2) is 60.7 Å². The van der Waals surface area contributed by atoms with Crippen LogP contribution in [0.5, 0.6) is 0 Å². The van der Waals surface area contributed by atoms with E-state index in [-0.39, 0.29) is 18.0 Å². The number of nitrogens with one attached hydrogen (secondary N) is 1. The first-order valence-corrected chi connectivity index (χ1v) is 9.21. The number of anilines is 1. The van der Waals surface area contributed by atoms with E-state index in [4.69, 9.17) is 5.73 Å². The van der Waals surface area contributed by atoms with Crippen molar-refractivity contribution >= 4 is 11.6 Å². The topological polar surface area (TPSA) is 78.6 Å². The lowest BCUT2D eigenvalue weighted by Crippen LogP contribution is -2.48. The van der Waals surface area contributed by atoms with Gasteiger partial charge in [0.1, 0.15) is 0 Å². The van der Waals surface area contributed by atoms with E-state index in [1.807, 2.05) is 65.6 Å². The van der Waals surface area contributed by atoms with Crippen LogP contribution in [0.1, 0.15) is 18.4 Å². The second kappa shape index (κ2) is 8.94. The number of para-hydroxylation sites is 1. The molecule has 1 aliphatic rings. The molecule has 3 rings (SSSR count). The second-order valence-electron chi connectivity index (χ2n) is 6.93. The molecule has 5 heteroatoms. The molecule has 1 heterocycles. The predicted molar refractivity (Wildman–Crippen MR) is 104 cm³/mol. The molecule has 1 aliphatic heterocycles. The van der Waals surface area contributed by atoms with Crippen molar-refractivity contribution in [1.82, 2.24) is 4.90 Å². The van der Waals surface area contributed by atoms with E-state index in [9.17, 15) is 9.90 Å². The molecule has 5 nitrogen and oxygen atoms in total. The van der Waals surface area contributed by atoms with Gasteiger partial charge in [0.25, 0.3) is 0 Å². The van der Waals surface area contributed by atoms with Gasteiger partial charge in [-0.1, -0.05) is 48.5 Å². The van der Waals surface area contributed by atoms with E-state index in [1.54, 1.807) is 0 Å². The number of rotatable bonds is 7. The maximum atomic E-state index is 12.6. The van der Waals surface area contributed by atoms with E-state index < -0.39 is 6.10 Å². The van der Waals surface area contributed by atoms with Crippen molar-refractivity contribution in [3.63, 3.8) is 0 Å². The summed E-state index contributed by atoms with van der Waals surface area (Å²) in [4.78, 5) is 14.7. The highest BCUT2D eigenvalue weighted by Gasteiger charge is 2.33. The van der Waals surface area contributed by atoms with Crippen LogP contribution >= 0.6 is 0 Å². The van der Waals surface area contributed by atoms with Gasteiger partial charge in [-0.3, -0.25) is 9.69 Å². The SMILES string of the molecule is NC(Cc1ccccc1)C(O)CN1CCC[C@H]1C(=O)Nc1ccccc1. The minimum Gasteiger partial charge on any atom is -0.390 e. The monoisotopic (exact) mass is 353 g/mol. The minimum atomic E-state index is -0.666. The van der Waals surface area contributed by atoms with Crippen molar-refractivity contribution in [2.45, 2.75) is 37.5 Å². The van der Waals surface area contributed by atoms with Crippen LogP contribution in [0, 0.1) is 0 Å². The number of aliphatic hydroxyl groups excluding tert-OH is 1. The van der Waals surface area contributed by atoms with Crippen LogP contribution in [0.4, 0.5) is 5.69 Å². The zero-order valence-electron chi connectivity index (χ0n) is 14.9. The summed E-state index contributed by atoms with van der Waals surface area (Å²) in [5.41, 5.74) is 8.10. The number of hydrogen-bond acceptors (Lipinski definition) is 4. The number of benzene rings is 2. The molecule has 0 radical (unpaired) electrons. The molecule has 3 atom stereocenters. The van der Waals surface area contributed by atoms with E-state index in [2.05, 4.69) is 5.32 Å². The molecule has 2 unspecified atom stereocenters. The first-order chi connectivity index (χ1) is 12.6. The molecule has 1 amide bonds. The Balaban J connectivity index is 1.55. The zero-order valence-corrected chi connectivity index (χ0v) is 14.9. The van der Waals surface area contributed by atoms with Gasteiger partial charge in [0, 0.05) is 18.3 Å². The highest BCUT2D eigenvalue weighted by molar-refractivity contribution is 5.95. The molecule has 1 saturated heterocycles. The van der Waals surface area contributed by atoms with Gasteiger partial charge in [0.2, 0.25) is 5.91 Å². The van der Waals surface area contributed by atoms with Gasteiger partial charge in [0.15, 0.2) is 0 Å². The Morgan fingerprint density at radius 3 is 2.50 bits per heavy atom. The Labute approximate surface area is 154 Å². The maximum absolute atomic E-state index is 12.6. The van der Waals surface area contributed by atoms with Crippen LogP contribution < -0.4 is 11.1 Å². The summed E-state index contributed by atoms with van der Waals surface area (Å²) in [7, 11) is 0. The van der Waals surface area contributed by atoms with Crippen LogP contribution in [0.3, 0.4) is 0 Å². The summed E-state index contributed by atoms with van der Waals surface area (Å²) >= 11 is 0. The number of β-amino-alcohol motifs (C(OH)–C–C–N with tert-alkyl or cyclic N) is 1. The Morgan fingerprint density at radius 2 is 1.81 bits per heavy atom. The average molecular weight is 353 g/mol. The first-order valence-electron chi connectivity index (χ1n) is 9.21. The van der Waals surface area contributed by atoms with Crippen molar-refractivity contribution in [3.05, 3.63) is 66.2 Å². The van der Waals surface area contributed by atoms with Gasteiger partial charge >= 0.3 is 0 Å². The number of amides is 1. The summed E-state index contributed by atoms with van der Waals surface area (Å²) in [5.74, 6) is -0.0162. The third kappa shape index (κ3) is 4.91. The van der Waals surface area contributed by atoms with Gasteiger partial charge in [-0.25, -0.2) is 0 Å². The molecule has 4 N–H and O–H groups in total. The van der Waals surface area contributed by atoms with E-state index >= 15 is 0 Å². The summed E-state index contributed by atoms with van der Waals surface area (Å²) in [5, 5.41) is 13.5. The lowest BCUT2D eigenvalue weighted by molar-refractivity contribution is -0.120. The number of nitrogens with zero attached hydrogens (tertiary/aromatic N) is 1. The molecular formula is C21H27N3O2. The molecule has 1 fully saturated rings. The molecule has 0 aliphatic carbocycles. The predicted octanol–water partition coefficient (Wildman–Crippen LogP) is 2.02. The van der Waals surface area contributed by atoms with Gasteiger partial charge in [-0.2, -0.15) is 0 Å². The van der Waals surface area contributed by atoms with Gasteiger partial charge in [0.05, 0.1) is 12.1 Å². The zero-order chi connectivity index (χ0) is 18.4. The Kier molecular flexibility index (Phi) is 6.39. The molecule has 0 saturated carbocycles. The highest BCUT2D eigenvalue weighted by atomic mass is 16.3. The van der Waals surface area contributed by atoms with E-state index in [0.717, 1.165) is 30.6 Å². The number of hydrogen-bond donors (Lipinski definition) is 3. The molecule has 0 spiro atoms. The van der Waals surface area contributed by atoms with Crippen LogP contribution in [-0.2, 0) is 11.2 Å². The molecule has 2 aromatic carbocycles. The lowest BCUT2D eigenvalue weighted by Gasteiger charge is -2.28. The number of likely N-dealkylation sites (tertiary alicyclic amines) is 1. The smallest absolute Gasteiger partial charge is 0.241 e. The fourth-order valence-corrected chi connectivity index (χ4v) is 3.49. The van der Waals surface area contributed by atoms with Crippen molar-refractivity contribution < 1.29 is 9.90 Å². The Morgan fingerprint density at radius 1 is 1.15 bits per heavy atom. The number of carbonyl (C=O) groups is 1. The number of carbonyl (C=O) groups excluding carboxylic acids is 1. The third-order valence-electron chi connectivity index (χ3n) is 4.94. The standard InChI is InChI=1S/C21H27N3O2/c22-18(14-16-8-3-1-4-9-16)20(25)15-24-13-7-12-19(24)21(26)23-17-10-5-2-6-11-17/h1-6,8-11,18-20,25H,7,12-15,22H2,(H,23,26)/t18?,19-,20?/m0/s1. The molecule has 0 bridgehead atoms. The minimum absolute atomic E-state index is 0.0162. The van der Waals surface area contributed by atoms with Crippen LogP contribution in [-0.4, -0.2) is 47.2 Å². The van der Waals surface area contributed by atoms with Crippen molar-refractivity contribution in [3.8, 4) is 0 Å². The summed E-state index contributed by atoms with van der Waals surface area (Å²) in [6.07, 6.45) is 1.71. The normalized spacial score (nSPS) is 19.8. The van der Waals surface area contributed by atoms with Crippen molar-refractivity contribution in [2.24, 2.45) is 5.73 Å². The second-order valence-corrected chi connectivity index (χ2v) is 6.93.